The van der Waals surface area contributed by atoms with Gasteiger partial charge < -0.3 is 9.72 Å². The molecule has 2 heterocycles. The van der Waals surface area contributed by atoms with E-state index >= 15 is 0 Å². The quantitative estimate of drug-likeness (QED) is 0.762. The number of methoxy groups -OCH3 is 1. The van der Waals surface area contributed by atoms with Crippen molar-refractivity contribution in [3.63, 3.8) is 0 Å². The minimum Gasteiger partial charge on any atom is -0.494 e. The first-order chi connectivity index (χ1) is 9.29. The molecule has 19 heavy (non-hydrogen) atoms. The number of aromatic nitrogens is 2. The largest absolute Gasteiger partial charge is 0.494 e. The molecule has 0 aliphatic heterocycles. The van der Waals surface area contributed by atoms with E-state index in [9.17, 15) is 4.79 Å². The third-order valence-electron chi connectivity index (χ3n) is 3.05. The van der Waals surface area contributed by atoms with E-state index in [1.54, 1.807) is 25.6 Å². The highest BCUT2D eigenvalue weighted by Gasteiger charge is 2.08. The Balaban J connectivity index is 2.30. The van der Waals surface area contributed by atoms with E-state index in [0.717, 1.165) is 27.8 Å². The summed E-state index contributed by atoms with van der Waals surface area (Å²) in [6.45, 7) is 0. The molecule has 3 rings (SSSR count). The summed E-state index contributed by atoms with van der Waals surface area (Å²) in [6.07, 6.45) is 3.44. The fraction of sp³-hybridized carbons (Fsp3) is 0.0667. The van der Waals surface area contributed by atoms with Crippen LogP contribution in [0.3, 0.4) is 0 Å². The van der Waals surface area contributed by atoms with Gasteiger partial charge in [-0.3, -0.25) is 9.78 Å². The van der Waals surface area contributed by atoms with Crippen LogP contribution in [-0.4, -0.2) is 17.1 Å². The third-order valence-corrected chi connectivity index (χ3v) is 3.05. The van der Waals surface area contributed by atoms with Crippen molar-refractivity contribution >= 4 is 10.9 Å². The SMILES string of the molecule is COc1ccc(-c2ccc(=O)[nH]c2)c2cccnc12. The minimum absolute atomic E-state index is 0.111. The van der Waals surface area contributed by atoms with Crippen molar-refractivity contribution in [3.05, 3.63) is 59.1 Å². The molecule has 4 nitrogen and oxygen atoms in total. The lowest BCUT2D eigenvalue weighted by molar-refractivity contribution is 0.419. The lowest BCUT2D eigenvalue weighted by Gasteiger charge is -2.09. The number of pyridine rings is 2. The van der Waals surface area contributed by atoms with Crippen molar-refractivity contribution in [2.75, 3.05) is 7.11 Å². The lowest BCUT2D eigenvalue weighted by Crippen LogP contribution is -2.01. The second-order valence-corrected chi connectivity index (χ2v) is 4.16. The van der Waals surface area contributed by atoms with Crippen LogP contribution < -0.4 is 10.3 Å². The van der Waals surface area contributed by atoms with E-state index in [0.29, 0.717) is 0 Å². The first kappa shape index (κ1) is 11.5. The minimum atomic E-state index is -0.111. The summed E-state index contributed by atoms with van der Waals surface area (Å²) < 4.78 is 5.32. The number of aromatic amines is 1. The van der Waals surface area contributed by atoms with E-state index in [-0.39, 0.29) is 5.56 Å². The number of benzene rings is 1. The molecule has 0 saturated carbocycles. The number of H-pyrrole nitrogens is 1. The van der Waals surface area contributed by atoms with Gasteiger partial charge in [0.25, 0.3) is 0 Å². The Kier molecular flexibility index (Phi) is 2.76. The maximum atomic E-state index is 11.1. The molecule has 0 radical (unpaired) electrons. The number of hydrogen-bond donors (Lipinski definition) is 1. The molecule has 3 aromatic rings. The molecule has 0 atom stereocenters. The fourth-order valence-electron chi connectivity index (χ4n) is 2.14. The summed E-state index contributed by atoms with van der Waals surface area (Å²) >= 11 is 0. The monoisotopic (exact) mass is 252 g/mol. The van der Waals surface area contributed by atoms with Crippen molar-refractivity contribution in [2.45, 2.75) is 0 Å². The molecule has 0 spiro atoms. The van der Waals surface area contributed by atoms with Gasteiger partial charge in [-0.05, 0) is 35.4 Å². The van der Waals surface area contributed by atoms with Gasteiger partial charge in [0, 0.05) is 23.8 Å². The van der Waals surface area contributed by atoms with Crippen molar-refractivity contribution in [2.24, 2.45) is 0 Å². The topological polar surface area (TPSA) is 55.0 Å². The Bertz CT molecular complexity index is 773. The zero-order valence-corrected chi connectivity index (χ0v) is 10.4. The maximum absolute atomic E-state index is 11.1. The van der Waals surface area contributed by atoms with Crippen LogP contribution in [0.25, 0.3) is 22.0 Å². The van der Waals surface area contributed by atoms with E-state index in [2.05, 4.69) is 9.97 Å². The zero-order chi connectivity index (χ0) is 13.2. The highest BCUT2D eigenvalue weighted by molar-refractivity contribution is 5.97. The first-order valence-corrected chi connectivity index (χ1v) is 5.90. The molecular weight excluding hydrogens is 240 g/mol. The Hall–Kier alpha value is -2.62. The second-order valence-electron chi connectivity index (χ2n) is 4.16. The van der Waals surface area contributed by atoms with Crippen LogP contribution in [0.5, 0.6) is 5.75 Å². The summed E-state index contributed by atoms with van der Waals surface area (Å²) in [4.78, 5) is 18.2. The van der Waals surface area contributed by atoms with Crippen molar-refractivity contribution < 1.29 is 4.74 Å². The van der Waals surface area contributed by atoms with E-state index in [4.69, 9.17) is 4.74 Å². The van der Waals surface area contributed by atoms with Crippen LogP contribution in [-0.2, 0) is 0 Å². The summed E-state index contributed by atoms with van der Waals surface area (Å²) in [5.41, 5.74) is 2.66. The molecule has 0 unspecified atom stereocenters. The molecule has 0 bridgehead atoms. The molecule has 0 amide bonds. The van der Waals surface area contributed by atoms with Gasteiger partial charge >= 0.3 is 0 Å². The van der Waals surface area contributed by atoms with Gasteiger partial charge in [-0.2, -0.15) is 0 Å². The van der Waals surface area contributed by atoms with Crippen LogP contribution in [0, 0.1) is 0 Å². The van der Waals surface area contributed by atoms with Gasteiger partial charge in [-0.15, -0.1) is 0 Å². The smallest absolute Gasteiger partial charge is 0.247 e. The summed E-state index contributed by atoms with van der Waals surface area (Å²) in [7, 11) is 1.63. The van der Waals surface area contributed by atoms with Crippen molar-refractivity contribution in [1.29, 1.82) is 0 Å². The molecule has 0 aliphatic carbocycles. The second kappa shape index (κ2) is 4.57. The van der Waals surface area contributed by atoms with Gasteiger partial charge in [-0.1, -0.05) is 6.07 Å². The summed E-state index contributed by atoms with van der Waals surface area (Å²) in [5.74, 6) is 0.740. The zero-order valence-electron chi connectivity index (χ0n) is 10.4. The van der Waals surface area contributed by atoms with Crippen LogP contribution in [0.2, 0.25) is 0 Å². The van der Waals surface area contributed by atoms with E-state index in [1.807, 2.05) is 24.3 Å². The number of nitrogens with one attached hydrogen (secondary N) is 1. The molecule has 0 fully saturated rings. The Morgan fingerprint density at radius 1 is 1.16 bits per heavy atom. The fourth-order valence-corrected chi connectivity index (χ4v) is 2.14. The van der Waals surface area contributed by atoms with Crippen LogP contribution in [0.15, 0.2) is 53.6 Å². The van der Waals surface area contributed by atoms with E-state index < -0.39 is 0 Å². The van der Waals surface area contributed by atoms with Gasteiger partial charge in [-0.25, -0.2) is 0 Å². The average Bonchev–Trinajstić information content (AvgIpc) is 2.47. The molecule has 94 valence electrons. The number of ether oxygens (including phenoxy) is 1. The molecule has 0 aliphatic rings. The predicted octanol–water partition coefficient (Wildman–Crippen LogP) is 2.60. The molecular formula is C15H12N2O2. The number of nitrogens with zero attached hydrogens (tertiary/aromatic N) is 1. The molecule has 1 N–H and O–H groups in total. The van der Waals surface area contributed by atoms with Gasteiger partial charge in [0.15, 0.2) is 0 Å². The third kappa shape index (κ3) is 1.97. The summed E-state index contributed by atoms with van der Waals surface area (Å²) in [5, 5.41) is 0.994. The van der Waals surface area contributed by atoms with Crippen molar-refractivity contribution in [3.8, 4) is 16.9 Å². The molecule has 4 heteroatoms. The van der Waals surface area contributed by atoms with Crippen LogP contribution in [0.4, 0.5) is 0 Å². The van der Waals surface area contributed by atoms with Gasteiger partial charge in [0.1, 0.15) is 11.3 Å². The standard InChI is InChI=1S/C15H12N2O2/c1-19-13-6-5-11(10-4-7-14(18)17-9-10)12-3-2-8-16-15(12)13/h2-9H,1H3,(H,17,18). The van der Waals surface area contributed by atoms with Crippen LogP contribution in [0.1, 0.15) is 0 Å². The number of fused-ring (bicyclic) bond motifs is 1. The molecule has 1 aromatic carbocycles. The highest BCUT2D eigenvalue weighted by atomic mass is 16.5. The van der Waals surface area contributed by atoms with Gasteiger partial charge in [0.2, 0.25) is 5.56 Å². The van der Waals surface area contributed by atoms with Crippen molar-refractivity contribution in [1.82, 2.24) is 9.97 Å². The average molecular weight is 252 g/mol. The predicted molar refractivity (Wildman–Crippen MR) is 74.4 cm³/mol. The number of hydrogen-bond acceptors (Lipinski definition) is 3. The Labute approximate surface area is 109 Å². The summed E-state index contributed by atoms with van der Waals surface area (Å²) in [6, 6.07) is 11.0. The lowest BCUT2D eigenvalue weighted by atomic mass is 10.0. The first-order valence-electron chi connectivity index (χ1n) is 5.90. The normalized spacial score (nSPS) is 10.6. The maximum Gasteiger partial charge on any atom is 0.247 e. The van der Waals surface area contributed by atoms with Crippen LogP contribution >= 0.6 is 0 Å². The Morgan fingerprint density at radius 2 is 2.05 bits per heavy atom. The Morgan fingerprint density at radius 3 is 2.79 bits per heavy atom. The number of rotatable bonds is 2. The molecule has 0 saturated heterocycles. The highest BCUT2D eigenvalue weighted by Crippen LogP contribution is 2.32. The molecule has 2 aromatic heterocycles. The van der Waals surface area contributed by atoms with E-state index in [1.165, 1.54) is 6.07 Å². The van der Waals surface area contributed by atoms with Gasteiger partial charge in [0.05, 0.1) is 7.11 Å².